The molecule has 0 unspecified atom stereocenters. The predicted molar refractivity (Wildman–Crippen MR) is 68.3 cm³/mol. The normalized spacial score (nSPS) is 35.3. The molecule has 1 aliphatic heterocycles. The van der Waals surface area contributed by atoms with Crippen molar-refractivity contribution in [3.63, 3.8) is 0 Å². The Morgan fingerprint density at radius 2 is 1.58 bits per heavy atom. The largest absolute Gasteiger partial charge is 0.506 e. The molecule has 19 heavy (non-hydrogen) atoms. The van der Waals surface area contributed by atoms with Gasteiger partial charge in [0.25, 0.3) is 0 Å². The number of hydrogen-bond donors (Lipinski definition) is 1. The van der Waals surface area contributed by atoms with Crippen molar-refractivity contribution < 1.29 is 14.7 Å². The molecule has 3 aliphatic rings. The SMILES string of the molecule is O=C1[C@@H]2[C@@H](C(=O)N1c1ccccc1O)[C@@H]1C=C[C@@H]2C1. The number of amides is 2. The number of nitrogens with zero attached hydrogens (tertiary/aromatic N) is 1. The number of carbonyl (C=O) groups excluding carboxylic acids is 2. The average molecular weight is 255 g/mol. The molecule has 1 heterocycles. The molecule has 0 aromatic heterocycles. The van der Waals surface area contributed by atoms with E-state index in [1.807, 2.05) is 0 Å². The fourth-order valence-electron chi connectivity index (χ4n) is 3.79. The van der Waals surface area contributed by atoms with Gasteiger partial charge in [-0.2, -0.15) is 0 Å². The first kappa shape index (κ1) is 10.8. The minimum atomic E-state index is -0.220. The third kappa shape index (κ3) is 1.23. The second kappa shape index (κ2) is 3.47. The van der Waals surface area contributed by atoms with E-state index in [1.54, 1.807) is 18.2 Å². The van der Waals surface area contributed by atoms with E-state index in [-0.39, 0.29) is 41.2 Å². The molecule has 4 heteroatoms. The van der Waals surface area contributed by atoms with Crippen LogP contribution in [0.2, 0.25) is 0 Å². The smallest absolute Gasteiger partial charge is 0.238 e. The molecule has 0 spiro atoms. The van der Waals surface area contributed by atoms with E-state index < -0.39 is 0 Å². The highest BCUT2D eigenvalue weighted by molar-refractivity contribution is 6.23. The number of carbonyl (C=O) groups is 2. The lowest BCUT2D eigenvalue weighted by Crippen LogP contribution is -2.32. The Morgan fingerprint density at radius 3 is 2.16 bits per heavy atom. The minimum absolute atomic E-state index is 0.0236. The quantitative estimate of drug-likeness (QED) is 0.614. The van der Waals surface area contributed by atoms with Gasteiger partial charge in [0.15, 0.2) is 0 Å². The molecule has 1 saturated heterocycles. The number of phenolic OH excluding ortho intramolecular Hbond substituents is 1. The van der Waals surface area contributed by atoms with Crippen LogP contribution in [0.5, 0.6) is 5.75 Å². The van der Waals surface area contributed by atoms with E-state index in [4.69, 9.17) is 0 Å². The molecular weight excluding hydrogens is 242 g/mol. The van der Waals surface area contributed by atoms with Crippen molar-refractivity contribution in [2.24, 2.45) is 23.7 Å². The summed E-state index contributed by atoms with van der Waals surface area (Å²) in [6.07, 6.45) is 5.04. The summed E-state index contributed by atoms with van der Waals surface area (Å²) in [4.78, 5) is 26.2. The van der Waals surface area contributed by atoms with Crippen molar-refractivity contribution in [1.82, 2.24) is 0 Å². The van der Waals surface area contributed by atoms with Crippen LogP contribution in [0.25, 0.3) is 0 Å². The van der Waals surface area contributed by atoms with E-state index in [0.717, 1.165) is 6.42 Å². The van der Waals surface area contributed by atoms with Gasteiger partial charge in [0.1, 0.15) is 5.75 Å². The van der Waals surface area contributed by atoms with Gasteiger partial charge in [0.05, 0.1) is 17.5 Å². The molecule has 4 nitrogen and oxygen atoms in total. The maximum Gasteiger partial charge on any atom is 0.238 e. The molecule has 1 saturated carbocycles. The summed E-state index contributed by atoms with van der Waals surface area (Å²) >= 11 is 0. The lowest BCUT2D eigenvalue weighted by atomic mass is 9.85. The Balaban J connectivity index is 1.79. The number of allylic oxidation sites excluding steroid dienone is 2. The van der Waals surface area contributed by atoms with Gasteiger partial charge in [0.2, 0.25) is 11.8 Å². The first-order valence-electron chi connectivity index (χ1n) is 6.52. The summed E-state index contributed by atoms with van der Waals surface area (Å²) in [7, 11) is 0. The zero-order chi connectivity index (χ0) is 13.1. The van der Waals surface area contributed by atoms with Gasteiger partial charge >= 0.3 is 0 Å². The van der Waals surface area contributed by atoms with Crippen LogP contribution < -0.4 is 4.90 Å². The van der Waals surface area contributed by atoms with Gasteiger partial charge in [-0.1, -0.05) is 24.3 Å². The molecule has 96 valence electrons. The second-order valence-electron chi connectivity index (χ2n) is 5.50. The Morgan fingerprint density at radius 1 is 1.00 bits per heavy atom. The van der Waals surface area contributed by atoms with E-state index in [9.17, 15) is 14.7 Å². The fraction of sp³-hybridized carbons (Fsp3) is 0.333. The Kier molecular flexibility index (Phi) is 1.97. The van der Waals surface area contributed by atoms with Crippen LogP contribution in [-0.2, 0) is 9.59 Å². The number of phenols is 1. The van der Waals surface area contributed by atoms with E-state index >= 15 is 0 Å². The zero-order valence-electron chi connectivity index (χ0n) is 10.2. The van der Waals surface area contributed by atoms with Crippen LogP contribution in [0, 0.1) is 23.7 Å². The van der Waals surface area contributed by atoms with Gasteiger partial charge in [-0.3, -0.25) is 9.59 Å². The Labute approximate surface area is 110 Å². The number of imide groups is 1. The topological polar surface area (TPSA) is 57.6 Å². The Hall–Kier alpha value is -2.10. The fourth-order valence-corrected chi connectivity index (χ4v) is 3.79. The van der Waals surface area contributed by atoms with Gasteiger partial charge < -0.3 is 5.11 Å². The van der Waals surface area contributed by atoms with Crippen molar-refractivity contribution in [1.29, 1.82) is 0 Å². The van der Waals surface area contributed by atoms with Crippen LogP contribution in [0.15, 0.2) is 36.4 Å². The number of aromatic hydroxyl groups is 1. The van der Waals surface area contributed by atoms with Gasteiger partial charge in [-0.15, -0.1) is 0 Å². The molecule has 1 aromatic carbocycles. The number of para-hydroxylation sites is 2. The molecule has 1 N–H and O–H groups in total. The maximum atomic E-state index is 12.5. The number of fused-ring (bicyclic) bond motifs is 5. The molecule has 2 aliphatic carbocycles. The molecule has 2 bridgehead atoms. The lowest BCUT2D eigenvalue weighted by molar-refractivity contribution is -0.123. The van der Waals surface area contributed by atoms with Crippen LogP contribution in [0.1, 0.15) is 6.42 Å². The summed E-state index contributed by atoms with van der Waals surface area (Å²) in [6, 6.07) is 6.50. The van der Waals surface area contributed by atoms with E-state index in [2.05, 4.69) is 12.2 Å². The van der Waals surface area contributed by atoms with Crippen LogP contribution in [-0.4, -0.2) is 16.9 Å². The van der Waals surface area contributed by atoms with Gasteiger partial charge in [0, 0.05) is 0 Å². The van der Waals surface area contributed by atoms with Crippen molar-refractivity contribution in [2.75, 3.05) is 4.90 Å². The number of benzene rings is 1. The number of anilines is 1. The summed E-state index contributed by atoms with van der Waals surface area (Å²) in [5.74, 6) is -0.389. The first-order chi connectivity index (χ1) is 9.18. The molecule has 0 radical (unpaired) electrons. The summed E-state index contributed by atoms with van der Waals surface area (Å²) in [6.45, 7) is 0. The third-order valence-electron chi connectivity index (χ3n) is 4.59. The molecule has 2 fully saturated rings. The molecule has 4 atom stereocenters. The number of hydrogen-bond acceptors (Lipinski definition) is 3. The molecule has 1 aromatic rings. The van der Waals surface area contributed by atoms with Crippen LogP contribution >= 0.6 is 0 Å². The third-order valence-corrected chi connectivity index (χ3v) is 4.59. The minimum Gasteiger partial charge on any atom is -0.506 e. The van der Waals surface area contributed by atoms with Crippen molar-refractivity contribution in [3.8, 4) is 5.75 Å². The average Bonchev–Trinajstić information content (AvgIpc) is 3.06. The highest BCUT2D eigenvalue weighted by Crippen LogP contribution is 2.53. The maximum absolute atomic E-state index is 12.5. The van der Waals surface area contributed by atoms with Crippen molar-refractivity contribution >= 4 is 17.5 Å². The van der Waals surface area contributed by atoms with E-state index in [1.165, 1.54) is 11.0 Å². The zero-order valence-corrected chi connectivity index (χ0v) is 10.2. The van der Waals surface area contributed by atoms with Crippen LogP contribution in [0.3, 0.4) is 0 Å². The highest BCUT2D eigenvalue weighted by Gasteiger charge is 2.59. The standard InChI is InChI=1S/C15H13NO3/c17-11-4-2-1-3-10(11)16-14(18)12-8-5-6-9(7-8)13(12)15(16)19/h1-6,8-9,12-13,17H,7H2/t8-,9-,12+,13+/m1/s1. The molecular formula is C15H13NO3. The van der Waals surface area contributed by atoms with E-state index in [0.29, 0.717) is 5.69 Å². The van der Waals surface area contributed by atoms with Crippen molar-refractivity contribution in [3.05, 3.63) is 36.4 Å². The van der Waals surface area contributed by atoms with Gasteiger partial charge in [-0.05, 0) is 30.4 Å². The highest BCUT2D eigenvalue weighted by atomic mass is 16.3. The predicted octanol–water partition coefficient (Wildman–Crippen LogP) is 1.70. The monoisotopic (exact) mass is 255 g/mol. The lowest BCUT2D eigenvalue weighted by Gasteiger charge is -2.18. The van der Waals surface area contributed by atoms with Crippen LogP contribution in [0.4, 0.5) is 5.69 Å². The molecule has 4 rings (SSSR count). The summed E-state index contributed by atoms with van der Waals surface area (Å²) < 4.78 is 0. The Bertz CT molecular complexity index is 592. The molecule has 2 amide bonds. The van der Waals surface area contributed by atoms with Crippen molar-refractivity contribution in [2.45, 2.75) is 6.42 Å². The van der Waals surface area contributed by atoms with Gasteiger partial charge in [-0.25, -0.2) is 4.90 Å². The number of rotatable bonds is 1. The summed E-state index contributed by atoms with van der Waals surface area (Å²) in [5, 5.41) is 9.86. The first-order valence-corrected chi connectivity index (χ1v) is 6.52. The second-order valence-corrected chi connectivity index (χ2v) is 5.50. The summed E-state index contributed by atoms with van der Waals surface area (Å²) in [5.41, 5.74) is 0.311.